The van der Waals surface area contributed by atoms with E-state index in [4.69, 9.17) is 4.74 Å². The lowest BCUT2D eigenvalue weighted by Crippen LogP contribution is -2.49. The van der Waals surface area contributed by atoms with Crippen LogP contribution in [0.25, 0.3) is 0 Å². The maximum absolute atomic E-state index is 14.0. The molecule has 120 valence electrons. The second-order valence-electron chi connectivity index (χ2n) is 5.17. The number of aromatic nitrogens is 2. The van der Waals surface area contributed by atoms with E-state index in [1.807, 2.05) is 4.90 Å². The first-order valence-electron chi connectivity index (χ1n) is 7.34. The third-order valence-electron chi connectivity index (χ3n) is 3.81. The highest BCUT2D eigenvalue weighted by Crippen LogP contribution is 2.19. The summed E-state index contributed by atoms with van der Waals surface area (Å²) in [4.78, 5) is 24.5. The lowest BCUT2D eigenvalue weighted by molar-refractivity contribution is 0.0741. The van der Waals surface area contributed by atoms with Crippen LogP contribution in [0, 0.1) is 5.82 Å². The zero-order valence-electron chi connectivity index (χ0n) is 12.8. The quantitative estimate of drug-likeness (QED) is 0.860. The molecule has 0 radical (unpaired) electrons. The second kappa shape index (κ2) is 6.60. The monoisotopic (exact) mass is 316 g/mol. The van der Waals surface area contributed by atoms with Gasteiger partial charge in [-0.3, -0.25) is 4.79 Å². The second-order valence-corrected chi connectivity index (χ2v) is 5.17. The summed E-state index contributed by atoms with van der Waals surface area (Å²) < 4.78 is 19.0. The topological polar surface area (TPSA) is 58.6 Å². The lowest BCUT2D eigenvalue weighted by Gasteiger charge is -2.34. The Kier molecular flexibility index (Phi) is 4.36. The van der Waals surface area contributed by atoms with Gasteiger partial charge < -0.3 is 14.5 Å². The van der Waals surface area contributed by atoms with Crippen molar-refractivity contribution in [2.24, 2.45) is 0 Å². The molecule has 7 heteroatoms. The third kappa shape index (κ3) is 3.23. The van der Waals surface area contributed by atoms with Crippen molar-refractivity contribution in [1.82, 2.24) is 14.9 Å². The summed E-state index contributed by atoms with van der Waals surface area (Å²) in [5.74, 6) is 0.169. The molecule has 1 aliphatic heterocycles. The maximum atomic E-state index is 14.0. The molecule has 2 heterocycles. The van der Waals surface area contributed by atoms with E-state index in [2.05, 4.69) is 9.97 Å². The van der Waals surface area contributed by atoms with E-state index in [0.717, 1.165) is 0 Å². The summed E-state index contributed by atoms with van der Waals surface area (Å²) in [6.07, 6.45) is 3.37. The number of carbonyl (C=O) groups excluding carboxylic acids is 1. The first-order valence-corrected chi connectivity index (χ1v) is 7.34. The Labute approximate surface area is 133 Å². The molecule has 23 heavy (non-hydrogen) atoms. The Morgan fingerprint density at radius 1 is 1.17 bits per heavy atom. The Morgan fingerprint density at radius 2 is 1.87 bits per heavy atom. The van der Waals surface area contributed by atoms with Gasteiger partial charge in [-0.25, -0.2) is 14.4 Å². The van der Waals surface area contributed by atoms with E-state index in [1.165, 1.54) is 19.2 Å². The van der Waals surface area contributed by atoms with Crippen LogP contribution in [0.5, 0.6) is 5.75 Å². The number of hydrogen-bond donors (Lipinski definition) is 0. The van der Waals surface area contributed by atoms with Crippen LogP contribution in [0.1, 0.15) is 10.4 Å². The van der Waals surface area contributed by atoms with Gasteiger partial charge >= 0.3 is 0 Å². The van der Waals surface area contributed by atoms with Crippen molar-refractivity contribution < 1.29 is 13.9 Å². The van der Waals surface area contributed by atoms with Gasteiger partial charge in [0, 0.05) is 44.6 Å². The fraction of sp³-hybridized carbons (Fsp3) is 0.312. The molecule has 1 aromatic heterocycles. The highest BCUT2D eigenvalue weighted by atomic mass is 19.1. The number of anilines is 1. The average molecular weight is 316 g/mol. The molecule has 0 N–H and O–H groups in total. The fourth-order valence-corrected chi connectivity index (χ4v) is 2.53. The third-order valence-corrected chi connectivity index (χ3v) is 3.81. The number of carbonyl (C=O) groups is 1. The Hall–Kier alpha value is -2.70. The fourth-order valence-electron chi connectivity index (χ4n) is 2.53. The molecule has 1 aliphatic rings. The minimum Gasteiger partial charge on any atom is -0.497 e. The predicted octanol–water partition coefficient (Wildman–Crippen LogP) is 1.59. The minimum atomic E-state index is -0.567. The molecule has 1 fully saturated rings. The summed E-state index contributed by atoms with van der Waals surface area (Å²) in [5, 5.41) is 0. The molecule has 0 spiro atoms. The van der Waals surface area contributed by atoms with Crippen LogP contribution in [0.4, 0.5) is 10.3 Å². The van der Waals surface area contributed by atoms with E-state index in [-0.39, 0.29) is 11.5 Å². The summed E-state index contributed by atoms with van der Waals surface area (Å²) >= 11 is 0. The number of halogens is 1. The Morgan fingerprint density at radius 3 is 2.48 bits per heavy atom. The molecule has 3 rings (SSSR count). The number of ether oxygens (including phenoxy) is 1. The van der Waals surface area contributed by atoms with Crippen LogP contribution in [0.3, 0.4) is 0 Å². The summed E-state index contributed by atoms with van der Waals surface area (Å²) in [6.45, 7) is 2.24. The van der Waals surface area contributed by atoms with Crippen molar-refractivity contribution in [3.8, 4) is 5.75 Å². The maximum Gasteiger partial charge on any atom is 0.256 e. The first-order chi connectivity index (χ1) is 11.2. The molecule has 0 bridgehead atoms. The predicted molar refractivity (Wildman–Crippen MR) is 83.1 cm³/mol. The zero-order valence-corrected chi connectivity index (χ0v) is 12.8. The lowest BCUT2D eigenvalue weighted by atomic mass is 10.1. The van der Waals surface area contributed by atoms with Gasteiger partial charge in [0.25, 0.3) is 5.91 Å². The van der Waals surface area contributed by atoms with Gasteiger partial charge in [0.15, 0.2) is 0 Å². The van der Waals surface area contributed by atoms with Crippen molar-refractivity contribution in [2.45, 2.75) is 0 Å². The molecular weight excluding hydrogens is 299 g/mol. The van der Waals surface area contributed by atoms with Crippen molar-refractivity contribution in [3.05, 3.63) is 48.0 Å². The van der Waals surface area contributed by atoms with Crippen molar-refractivity contribution in [3.63, 3.8) is 0 Å². The first kappa shape index (κ1) is 15.2. The molecule has 1 amide bonds. The van der Waals surface area contributed by atoms with Gasteiger partial charge in [-0.05, 0) is 18.2 Å². The molecule has 1 aromatic carbocycles. The number of nitrogens with zero attached hydrogens (tertiary/aromatic N) is 4. The van der Waals surface area contributed by atoms with Crippen LogP contribution < -0.4 is 9.64 Å². The van der Waals surface area contributed by atoms with E-state index < -0.39 is 5.82 Å². The molecular formula is C16H17FN4O2. The molecule has 1 saturated heterocycles. The van der Waals surface area contributed by atoms with Gasteiger partial charge in [0.1, 0.15) is 11.6 Å². The van der Waals surface area contributed by atoms with E-state index >= 15 is 0 Å². The van der Waals surface area contributed by atoms with E-state index in [1.54, 1.807) is 29.4 Å². The van der Waals surface area contributed by atoms with Crippen LogP contribution in [0.2, 0.25) is 0 Å². The number of piperazine rings is 1. The number of rotatable bonds is 3. The van der Waals surface area contributed by atoms with Crippen LogP contribution in [-0.4, -0.2) is 54.1 Å². The largest absolute Gasteiger partial charge is 0.497 e. The smallest absolute Gasteiger partial charge is 0.256 e. The van der Waals surface area contributed by atoms with Gasteiger partial charge in [-0.2, -0.15) is 0 Å². The molecule has 0 saturated carbocycles. The van der Waals surface area contributed by atoms with Crippen LogP contribution in [-0.2, 0) is 0 Å². The summed E-state index contributed by atoms with van der Waals surface area (Å²) in [7, 11) is 1.46. The summed E-state index contributed by atoms with van der Waals surface area (Å²) in [5.41, 5.74) is 0.0650. The van der Waals surface area contributed by atoms with Gasteiger partial charge in [-0.15, -0.1) is 0 Å². The standard InChI is InChI=1S/C16H17FN4O2/c1-23-12-3-4-13(14(17)11-12)15(22)20-7-9-21(10-8-20)16-18-5-2-6-19-16/h2-6,11H,7-10H2,1H3. The Balaban J connectivity index is 1.66. The number of amides is 1. The van der Waals surface area contributed by atoms with Crippen molar-refractivity contribution in [1.29, 1.82) is 0 Å². The number of benzene rings is 1. The van der Waals surface area contributed by atoms with E-state index in [0.29, 0.717) is 37.9 Å². The number of methoxy groups -OCH3 is 1. The Bertz CT molecular complexity index is 688. The van der Waals surface area contributed by atoms with Crippen molar-refractivity contribution >= 4 is 11.9 Å². The SMILES string of the molecule is COc1ccc(C(=O)N2CCN(c3ncccn3)CC2)c(F)c1. The average Bonchev–Trinajstić information content (AvgIpc) is 2.62. The number of hydrogen-bond acceptors (Lipinski definition) is 5. The molecule has 6 nitrogen and oxygen atoms in total. The van der Waals surface area contributed by atoms with Crippen LogP contribution in [0.15, 0.2) is 36.7 Å². The van der Waals surface area contributed by atoms with Crippen LogP contribution >= 0.6 is 0 Å². The summed E-state index contributed by atoms with van der Waals surface area (Å²) in [6, 6.07) is 6.03. The molecule has 0 unspecified atom stereocenters. The normalized spacial score (nSPS) is 14.7. The van der Waals surface area contributed by atoms with Gasteiger partial charge in [0.2, 0.25) is 5.95 Å². The highest BCUT2D eigenvalue weighted by molar-refractivity contribution is 5.94. The molecule has 0 atom stereocenters. The zero-order chi connectivity index (χ0) is 16.2. The minimum absolute atomic E-state index is 0.0650. The van der Waals surface area contributed by atoms with E-state index in [9.17, 15) is 9.18 Å². The van der Waals surface area contributed by atoms with Gasteiger partial charge in [0.05, 0.1) is 12.7 Å². The van der Waals surface area contributed by atoms with Crippen molar-refractivity contribution in [2.75, 3.05) is 38.2 Å². The van der Waals surface area contributed by atoms with Gasteiger partial charge in [-0.1, -0.05) is 0 Å². The molecule has 0 aliphatic carbocycles. The molecule has 2 aromatic rings. The highest BCUT2D eigenvalue weighted by Gasteiger charge is 2.25.